The molecule has 0 aliphatic rings. The van der Waals surface area contributed by atoms with Gasteiger partial charge >= 0.3 is 5.97 Å². The first-order valence-corrected chi connectivity index (χ1v) is 10.9. The maximum absolute atomic E-state index is 10.7. The monoisotopic (exact) mass is 332 g/mol. The first kappa shape index (κ1) is 21.9. The number of unbranched alkanes of at least 4 members (excludes halogenated alkanes) is 10. The van der Waals surface area contributed by atoms with Crippen molar-refractivity contribution in [2.45, 2.75) is 90.9 Å². The fraction of sp³-hybridized carbons (Fsp3) is 0.944. The molecule has 0 aromatic heterocycles. The van der Waals surface area contributed by atoms with Gasteiger partial charge in [0, 0.05) is 8.15 Å². The SMILES string of the molecule is CCCCCCCCP(CCCCCCCC)OCC(=O)O. The molecule has 0 aromatic rings. The van der Waals surface area contributed by atoms with Crippen molar-refractivity contribution in [1.29, 1.82) is 0 Å². The lowest BCUT2D eigenvalue weighted by molar-refractivity contribution is -0.139. The van der Waals surface area contributed by atoms with Gasteiger partial charge in [-0.25, -0.2) is 4.79 Å². The summed E-state index contributed by atoms with van der Waals surface area (Å²) >= 11 is 0. The van der Waals surface area contributed by atoms with E-state index in [0.29, 0.717) is 0 Å². The third kappa shape index (κ3) is 16.2. The molecule has 132 valence electrons. The van der Waals surface area contributed by atoms with Crippen LogP contribution in [0.3, 0.4) is 0 Å². The number of hydrogen-bond donors (Lipinski definition) is 1. The molecular weight excluding hydrogens is 295 g/mol. The van der Waals surface area contributed by atoms with E-state index < -0.39 is 14.1 Å². The van der Waals surface area contributed by atoms with E-state index in [1.165, 1.54) is 77.0 Å². The normalized spacial score (nSPS) is 11.2. The molecule has 1 N–H and O–H groups in total. The van der Waals surface area contributed by atoms with Gasteiger partial charge in [-0.2, -0.15) is 0 Å². The second kappa shape index (κ2) is 17.2. The summed E-state index contributed by atoms with van der Waals surface area (Å²) in [5.41, 5.74) is 0. The lowest BCUT2D eigenvalue weighted by Crippen LogP contribution is -2.06. The van der Waals surface area contributed by atoms with E-state index in [0.717, 1.165) is 12.3 Å². The molecule has 3 nitrogen and oxygen atoms in total. The number of hydrogen-bond acceptors (Lipinski definition) is 2. The summed E-state index contributed by atoms with van der Waals surface area (Å²) in [5, 5.41) is 8.79. The topological polar surface area (TPSA) is 46.5 Å². The summed E-state index contributed by atoms with van der Waals surface area (Å²) in [6.45, 7) is 4.36. The van der Waals surface area contributed by atoms with E-state index in [-0.39, 0.29) is 6.61 Å². The van der Waals surface area contributed by atoms with Crippen molar-refractivity contribution in [3.8, 4) is 0 Å². The standard InChI is InChI=1S/C18H37O3P/c1-3-5-7-9-11-13-15-22(21-17-18(19)20)16-14-12-10-8-6-4-2/h3-17H2,1-2H3,(H,19,20). The van der Waals surface area contributed by atoms with Gasteiger partial charge in [0.2, 0.25) is 0 Å². The summed E-state index contributed by atoms with van der Waals surface area (Å²) in [4.78, 5) is 10.7. The first-order valence-electron chi connectivity index (χ1n) is 9.30. The minimum absolute atomic E-state index is 0.114. The molecule has 0 rings (SSSR count). The Morgan fingerprint density at radius 3 is 1.59 bits per heavy atom. The van der Waals surface area contributed by atoms with Gasteiger partial charge in [0.05, 0.1) is 0 Å². The zero-order valence-electron chi connectivity index (χ0n) is 14.8. The Labute approximate surface area is 139 Å². The fourth-order valence-corrected chi connectivity index (χ4v) is 4.45. The van der Waals surface area contributed by atoms with Crippen LogP contribution >= 0.6 is 8.15 Å². The summed E-state index contributed by atoms with van der Waals surface area (Å²) in [5.74, 6) is -0.835. The predicted octanol–water partition coefficient (Wildman–Crippen LogP) is 6.21. The molecule has 0 bridgehead atoms. The maximum atomic E-state index is 10.7. The Balaban J connectivity index is 3.72. The Kier molecular flexibility index (Phi) is 17.1. The molecule has 0 radical (unpaired) electrons. The summed E-state index contributed by atoms with van der Waals surface area (Å²) in [6.07, 6.45) is 17.6. The molecule has 0 saturated carbocycles. The van der Waals surface area contributed by atoms with E-state index >= 15 is 0 Å². The quantitative estimate of drug-likeness (QED) is 0.254. The second-order valence-corrected chi connectivity index (χ2v) is 8.25. The molecule has 22 heavy (non-hydrogen) atoms. The highest BCUT2D eigenvalue weighted by Crippen LogP contribution is 2.39. The van der Waals surface area contributed by atoms with Crippen LogP contribution in [-0.4, -0.2) is 30.0 Å². The highest BCUT2D eigenvalue weighted by molar-refractivity contribution is 7.52. The maximum Gasteiger partial charge on any atom is 0.330 e. The van der Waals surface area contributed by atoms with Crippen molar-refractivity contribution in [2.24, 2.45) is 0 Å². The Bertz CT molecular complexity index is 230. The first-order chi connectivity index (χ1) is 10.7. The third-order valence-electron chi connectivity index (χ3n) is 3.89. The number of carboxylic acid groups (broad SMARTS) is 1. The summed E-state index contributed by atoms with van der Waals surface area (Å²) in [7, 11) is -0.523. The van der Waals surface area contributed by atoms with Gasteiger partial charge in [0.1, 0.15) is 6.61 Å². The van der Waals surface area contributed by atoms with E-state index in [9.17, 15) is 4.79 Å². The van der Waals surface area contributed by atoms with Crippen LogP contribution in [0.4, 0.5) is 0 Å². The van der Waals surface area contributed by atoms with Crippen LogP contribution in [0, 0.1) is 0 Å². The molecule has 4 heteroatoms. The molecule has 0 atom stereocenters. The van der Waals surface area contributed by atoms with E-state index in [1.54, 1.807) is 0 Å². The van der Waals surface area contributed by atoms with Crippen LogP contribution in [0.2, 0.25) is 0 Å². The number of carboxylic acids is 1. The predicted molar refractivity (Wildman–Crippen MR) is 97.0 cm³/mol. The van der Waals surface area contributed by atoms with Crippen molar-refractivity contribution in [1.82, 2.24) is 0 Å². The molecule has 0 saturated heterocycles. The van der Waals surface area contributed by atoms with Crippen LogP contribution in [0.15, 0.2) is 0 Å². The van der Waals surface area contributed by atoms with Crippen LogP contribution in [-0.2, 0) is 9.32 Å². The van der Waals surface area contributed by atoms with Crippen LogP contribution in [0.5, 0.6) is 0 Å². The van der Waals surface area contributed by atoms with Crippen molar-refractivity contribution in [3.05, 3.63) is 0 Å². The van der Waals surface area contributed by atoms with Crippen molar-refractivity contribution >= 4 is 14.1 Å². The smallest absolute Gasteiger partial charge is 0.330 e. The van der Waals surface area contributed by atoms with Crippen molar-refractivity contribution in [2.75, 3.05) is 18.9 Å². The average molecular weight is 332 g/mol. The molecule has 0 aliphatic carbocycles. The highest BCUT2D eigenvalue weighted by Gasteiger charge is 2.11. The molecule has 0 unspecified atom stereocenters. The van der Waals surface area contributed by atoms with Crippen LogP contribution < -0.4 is 0 Å². The number of carbonyl (C=O) groups is 1. The minimum Gasteiger partial charge on any atom is -0.480 e. The van der Waals surface area contributed by atoms with Gasteiger partial charge in [-0.1, -0.05) is 78.1 Å². The molecule has 0 amide bonds. The summed E-state index contributed by atoms with van der Waals surface area (Å²) < 4.78 is 5.62. The van der Waals surface area contributed by atoms with Gasteiger partial charge in [-0.3, -0.25) is 0 Å². The minimum atomic E-state index is -0.835. The molecule has 0 fully saturated rings. The Morgan fingerprint density at radius 2 is 1.18 bits per heavy atom. The van der Waals surface area contributed by atoms with Gasteiger partial charge < -0.3 is 9.63 Å². The lowest BCUT2D eigenvalue weighted by Gasteiger charge is -2.16. The molecular formula is C18H37O3P. The van der Waals surface area contributed by atoms with E-state index in [2.05, 4.69) is 13.8 Å². The Hall–Kier alpha value is -0.140. The average Bonchev–Trinajstić information content (AvgIpc) is 2.50. The van der Waals surface area contributed by atoms with Crippen molar-refractivity contribution < 1.29 is 14.4 Å². The van der Waals surface area contributed by atoms with Gasteiger partial charge in [0.25, 0.3) is 0 Å². The van der Waals surface area contributed by atoms with Crippen LogP contribution in [0.25, 0.3) is 0 Å². The number of rotatable bonds is 17. The van der Waals surface area contributed by atoms with E-state index in [1.807, 2.05) is 0 Å². The van der Waals surface area contributed by atoms with Gasteiger partial charge in [-0.05, 0) is 25.2 Å². The van der Waals surface area contributed by atoms with Gasteiger partial charge in [-0.15, -0.1) is 0 Å². The second-order valence-electron chi connectivity index (χ2n) is 6.13. The van der Waals surface area contributed by atoms with Crippen LogP contribution in [0.1, 0.15) is 90.9 Å². The molecule has 0 aromatic carbocycles. The molecule has 0 spiro atoms. The molecule has 0 heterocycles. The lowest BCUT2D eigenvalue weighted by atomic mass is 10.1. The zero-order chi connectivity index (χ0) is 16.5. The highest BCUT2D eigenvalue weighted by atomic mass is 31.1. The van der Waals surface area contributed by atoms with E-state index in [4.69, 9.17) is 9.63 Å². The molecule has 0 aliphatic heterocycles. The summed E-state index contributed by atoms with van der Waals surface area (Å²) in [6, 6.07) is 0. The van der Waals surface area contributed by atoms with Crippen molar-refractivity contribution in [3.63, 3.8) is 0 Å². The largest absolute Gasteiger partial charge is 0.480 e. The zero-order valence-corrected chi connectivity index (χ0v) is 15.7. The fourth-order valence-electron chi connectivity index (χ4n) is 2.52. The number of aliphatic carboxylic acids is 1. The Morgan fingerprint density at radius 1 is 0.773 bits per heavy atom. The van der Waals surface area contributed by atoms with Gasteiger partial charge in [0.15, 0.2) is 0 Å². The third-order valence-corrected chi connectivity index (χ3v) is 6.02.